The summed E-state index contributed by atoms with van der Waals surface area (Å²) in [4.78, 5) is 0. The van der Waals surface area contributed by atoms with E-state index in [1.165, 1.54) is 24.3 Å². The van der Waals surface area contributed by atoms with Gasteiger partial charge in [0, 0.05) is 23.3 Å². The Morgan fingerprint density at radius 2 is 1.50 bits per heavy atom. The summed E-state index contributed by atoms with van der Waals surface area (Å²) >= 11 is 0. The van der Waals surface area contributed by atoms with Crippen LogP contribution >= 0.6 is 0 Å². The molecule has 0 amide bonds. The van der Waals surface area contributed by atoms with Crippen LogP contribution in [0.15, 0.2) is 42.5 Å². The summed E-state index contributed by atoms with van der Waals surface area (Å²) in [6, 6.07) is 5.01. The minimum absolute atomic E-state index is 0.0614. The molecule has 2 aromatic rings. The summed E-state index contributed by atoms with van der Waals surface area (Å²) in [5.74, 6) is -5.13. The van der Waals surface area contributed by atoms with Gasteiger partial charge in [0.1, 0.15) is 0 Å². The summed E-state index contributed by atoms with van der Waals surface area (Å²) in [5, 5.41) is 0. The van der Waals surface area contributed by atoms with E-state index in [4.69, 9.17) is 9.47 Å². The summed E-state index contributed by atoms with van der Waals surface area (Å²) < 4.78 is 68.8. The van der Waals surface area contributed by atoms with Gasteiger partial charge in [-0.15, -0.1) is 0 Å². The predicted molar refractivity (Wildman–Crippen MR) is 109 cm³/mol. The molecule has 2 aromatic carbocycles. The number of benzene rings is 2. The molecule has 0 bridgehead atoms. The fourth-order valence-corrected chi connectivity index (χ4v) is 3.29. The predicted octanol–water partition coefficient (Wildman–Crippen LogP) is 6.84. The van der Waals surface area contributed by atoms with E-state index in [2.05, 4.69) is 6.92 Å². The highest BCUT2D eigenvalue weighted by molar-refractivity contribution is 5.78. The van der Waals surface area contributed by atoms with Crippen LogP contribution in [0.25, 0.3) is 16.7 Å². The number of rotatable bonds is 8. The van der Waals surface area contributed by atoms with E-state index in [1.807, 2.05) is 6.08 Å². The van der Waals surface area contributed by atoms with Crippen LogP contribution in [-0.2, 0) is 4.74 Å². The first-order valence-corrected chi connectivity index (χ1v) is 10.1. The quantitative estimate of drug-likeness (QED) is 0.344. The first-order chi connectivity index (χ1) is 14.5. The van der Waals surface area contributed by atoms with Gasteiger partial charge in [-0.2, -0.15) is 4.39 Å². The van der Waals surface area contributed by atoms with Crippen molar-refractivity contribution in [3.8, 4) is 16.9 Å². The van der Waals surface area contributed by atoms with Crippen molar-refractivity contribution in [1.29, 1.82) is 0 Å². The van der Waals surface area contributed by atoms with Gasteiger partial charge in [-0.1, -0.05) is 43.7 Å². The van der Waals surface area contributed by atoms with Gasteiger partial charge < -0.3 is 9.47 Å². The zero-order chi connectivity index (χ0) is 21.7. The normalized spacial score (nSPS) is 15.9. The maximum absolute atomic E-state index is 14.8. The molecule has 160 valence electrons. The molecule has 1 unspecified atom stereocenters. The number of unbranched alkanes of at least 4 members (excludes halogenated alkanes) is 1. The summed E-state index contributed by atoms with van der Waals surface area (Å²) in [6.07, 6.45) is 7.75. The van der Waals surface area contributed by atoms with Gasteiger partial charge >= 0.3 is 0 Å². The van der Waals surface area contributed by atoms with Gasteiger partial charge in [0.2, 0.25) is 5.82 Å². The molecule has 3 rings (SSSR count). The largest absolute Gasteiger partial charge is 0.491 e. The molecule has 2 nitrogen and oxygen atoms in total. The van der Waals surface area contributed by atoms with Crippen LogP contribution in [0.4, 0.5) is 17.6 Å². The van der Waals surface area contributed by atoms with Gasteiger partial charge in [-0.3, -0.25) is 0 Å². The smallest absolute Gasteiger partial charge is 0.201 e. The first kappa shape index (κ1) is 22.1. The molecule has 0 saturated carbocycles. The van der Waals surface area contributed by atoms with E-state index in [-0.39, 0.29) is 35.2 Å². The minimum atomic E-state index is -1.28. The molecule has 0 saturated heterocycles. The van der Waals surface area contributed by atoms with Crippen LogP contribution in [0.2, 0.25) is 0 Å². The number of ether oxygens (including phenoxy) is 2. The number of allylic oxidation sites excluding steroid dienone is 2. The van der Waals surface area contributed by atoms with E-state index in [0.717, 1.165) is 12.8 Å². The Hall–Kier alpha value is -2.60. The monoisotopic (exact) mass is 420 g/mol. The van der Waals surface area contributed by atoms with Crippen LogP contribution in [0.5, 0.6) is 5.75 Å². The lowest BCUT2D eigenvalue weighted by Crippen LogP contribution is -2.12. The zero-order valence-corrected chi connectivity index (χ0v) is 17.0. The average molecular weight is 420 g/mol. The van der Waals surface area contributed by atoms with Crippen LogP contribution in [0.1, 0.15) is 38.7 Å². The SMILES string of the molecule is CCCCOC1C=CC(c2ccc(-c3ccc(OCC)c(F)c3F)c(F)c2F)=CC1. The van der Waals surface area contributed by atoms with Gasteiger partial charge in [-0.25, -0.2) is 13.2 Å². The third-order valence-corrected chi connectivity index (χ3v) is 4.92. The molecular weight excluding hydrogens is 396 g/mol. The fraction of sp³-hybridized carbons (Fsp3) is 0.333. The van der Waals surface area contributed by atoms with Crippen LogP contribution in [-0.4, -0.2) is 19.3 Å². The molecule has 1 aliphatic carbocycles. The lowest BCUT2D eigenvalue weighted by Gasteiger charge is -2.18. The molecule has 0 radical (unpaired) electrons. The molecule has 30 heavy (non-hydrogen) atoms. The van der Waals surface area contributed by atoms with Crippen LogP contribution in [0, 0.1) is 23.3 Å². The molecule has 0 aliphatic heterocycles. The highest BCUT2D eigenvalue weighted by Crippen LogP contribution is 2.35. The molecule has 6 heteroatoms. The van der Waals surface area contributed by atoms with Crippen molar-refractivity contribution in [3.63, 3.8) is 0 Å². The van der Waals surface area contributed by atoms with Crippen molar-refractivity contribution in [2.75, 3.05) is 13.2 Å². The average Bonchev–Trinajstić information content (AvgIpc) is 2.75. The third-order valence-electron chi connectivity index (χ3n) is 4.92. The van der Waals surface area contributed by atoms with Gasteiger partial charge in [0.15, 0.2) is 23.2 Å². The van der Waals surface area contributed by atoms with Crippen molar-refractivity contribution in [1.82, 2.24) is 0 Å². The van der Waals surface area contributed by atoms with E-state index in [9.17, 15) is 17.6 Å². The van der Waals surface area contributed by atoms with Crippen molar-refractivity contribution in [3.05, 3.63) is 71.3 Å². The molecule has 0 N–H and O–H groups in total. The van der Waals surface area contributed by atoms with Crippen molar-refractivity contribution >= 4 is 5.57 Å². The third kappa shape index (κ3) is 4.59. The lowest BCUT2D eigenvalue weighted by molar-refractivity contribution is 0.0844. The Labute approximate surface area is 173 Å². The van der Waals surface area contributed by atoms with E-state index in [0.29, 0.717) is 18.6 Å². The van der Waals surface area contributed by atoms with Crippen molar-refractivity contribution in [2.45, 2.75) is 39.2 Å². The second-order valence-corrected chi connectivity index (χ2v) is 6.98. The van der Waals surface area contributed by atoms with Gasteiger partial charge in [-0.05, 0) is 37.5 Å². The topological polar surface area (TPSA) is 18.5 Å². The van der Waals surface area contributed by atoms with E-state index in [1.54, 1.807) is 19.1 Å². The number of halogens is 4. The van der Waals surface area contributed by atoms with Gasteiger partial charge in [0.05, 0.1) is 12.7 Å². The Kier molecular flexibility index (Phi) is 7.32. The first-order valence-electron chi connectivity index (χ1n) is 10.1. The number of hydrogen-bond donors (Lipinski definition) is 0. The van der Waals surface area contributed by atoms with E-state index < -0.39 is 23.3 Å². The minimum Gasteiger partial charge on any atom is -0.491 e. The molecule has 1 aliphatic rings. The Morgan fingerprint density at radius 3 is 2.13 bits per heavy atom. The maximum Gasteiger partial charge on any atom is 0.201 e. The van der Waals surface area contributed by atoms with Crippen molar-refractivity contribution in [2.24, 2.45) is 0 Å². The van der Waals surface area contributed by atoms with E-state index >= 15 is 0 Å². The highest BCUT2D eigenvalue weighted by Gasteiger charge is 2.22. The standard InChI is InChI=1S/C24H24F4O2/c1-3-5-14-30-16-8-6-15(7-9-16)17-10-11-18(22(26)21(17)25)19-12-13-20(29-4-2)24(28)23(19)27/h6-8,10-13,16H,3-5,9,14H2,1-2H3. The zero-order valence-electron chi connectivity index (χ0n) is 17.0. The molecular formula is C24H24F4O2. The highest BCUT2D eigenvalue weighted by atomic mass is 19.2. The summed E-state index contributed by atoms with van der Waals surface area (Å²) in [7, 11) is 0. The summed E-state index contributed by atoms with van der Waals surface area (Å²) in [6.45, 7) is 4.51. The second-order valence-electron chi connectivity index (χ2n) is 6.98. The molecule has 0 fully saturated rings. The Morgan fingerprint density at radius 1 is 0.867 bits per heavy atom. The molecule has 0 aromatic heterocycles. The molecule has 0 spiro atoms. The van der Waals surface area contributed by atoms with Crippen molar-refractivity contribution < 1.29 is 27.0 Å². The maximum atomic E-state index is 14.8. The van der Waals surface area contributed by atoms with Crippen LogP contribution < -0.4 is 4.74 Å². The van der Waals surface area contributed by atoms with Gasteiger partial charge in [0.25, 0.3) is 0 Å². The Balaban J connectivity index is 1.86. The number of hydrogen-bond acceptors (Lipinski definition) is 2. The Bertz CT molecular complexity index is 966. The molecule has 0 heterocycles. The fourth-order valence-electron chi connectivity index (χ4n) is 3.29. The molecule has 1 atom stereocenters. The summed E-state index contributed by atoms with van der Waals surface area (Å²) in [5.41, 5.74) is -0.133. The second kappa shape index (κ2) is 9.94. The van der Waals surface area contributed by atoms with Crippen LogP contribution in [0.3, 0.4) is 0 Å². The lowest BCUT2D eigenvalue weighted by atomic mass is 9.94.